The number of hydrogen-bond donors (Lipinski definition) is 3. The van der Waals surface area contributed by atoms with Gasteiger partial charge >= 0.3 is 0 Å². The van der Waals surface area contributed by atoms with Crippen LogP contribution in [0, 0.1) is 13.0 Å². The molecule has 1 heterocycles. The van der Waals surface area contributed by atoms with Crippen LogP contribution in [0.25, 0.3) is 0 Å². The van der Waals surface area contributed by atoms with Gasteiger partial charge in [-0.3, -0.25) is 4.79 Å². The fourth-order valence-corrected chi connectivity index (χ4v) is 3.27. The summed E-state index contributed by atoms with van der Waals surface area (Å²) in [5.41, 5.74) is 2.14. The second-order valence-electron chi connectivity index (χ2n) is 8.10. The maximum absolute atomic E-state index is 11.5. The molecule has 1 aliphatic heterocycles. The standard InChI is InChI=1S/C24H30N2O4/c1-4-5-14-29-19-9-6-17(7-10-19)15-24(2,3)25-13-12-18-8-11-20(27)22-23(18)30-16-21(28)26-22/h6-13,25,27H,4-5,14-16H2,1-3H3,(H,26,28). The number of carbonyl (C=O) groups is 1. The van der Waals surface area contributed by atoms with E-state index in [9.17, 15) is 9.90 Å². The number of fused-ring (bicyclic) bond motifs is 1. The summed E-state index contributed by atoms with van der Waals surface area (Å²) in [6.07, 6.45) is 4.90. The summed E-state index contributed by atoms with van der Waals surface area (Å²) in [6, 6.07) is 11.5. The predicted octanol–water partition coefficient (Wildman–Crippen LogP) is 4.23. The van der Waals surface area contributed by atoms with Crippen LogP contribution in [0.2, 0.25) is 0 Å². The van der Waals surface area contributed by atoms with Crippen molar-refractivity contribution in [1.29, 1.82) is 0 Å². The van der Waals surface area contributed by atoms with Crippen LogP contribution in [0.4, 0.5) is 5.69 Å². The summed E-state index contributed by atoms with van der Waals surface area (Å²) < 4.78 is 11.2. The lowest BCUT2D eigenvalue weighted by atomic mass is 9.94. The number of benzene rings is 2. The molecule has 6 heteroatoms. The third kappa shape index (κ3) is 5.89. The number of phenolic OH excluding ortho intramolecular Hbond substituents is 1. The molecule has 0 fully saturated rings. The van der Waals surface area contributed by atoms with Crippen LogP contribution in [0.1, 0.15) is 44.7 Å². The maximum atomic E-state index is 11.5. The molecule has 3 N–H and O–H groups in total. The summed E-state index contributed by atoms with van der Waals surface area (Å²) in [5, 5.41) is 16.0. The molecule has 2 radical (unpaired) electrons. The minimum absolute atomic E-state index is 0.00869. The highest BCUT2D eigenvalue weighted by Gasteiger charge is 2.23. The van der Waals surface area contributed by atoms with Gasteiger partial charge in [0.15, 0.2) is 12.4 Å². The SMILES string of the molecule is CCCCOc1ccc(CC(C)(C)N[CH][CH]c2ccc(O)c3c2OCC(=O)N3)cc1. The number of anilines is 1. The van der Waals surface area contributed by atoms with Gasteiger partial charge in [0.05, 0.1) is 6.61 Å². The van der Waals surface area contributed by atoms with Crippen LogP contribution in [0.5, 0.6) is 17.2 Å². The van der Waals surface area contributed by atoms with E-state index >= 15 is 0 Å². The average molecular weight is 411 g/mol. The van der Waals surface area contributed by atoms with Crippen molar-refractivity contribution in [3.8, 4) is 17.2 Å². The first-order valence-electron chi connectivity index (χ1n) is 10.3. The first kappa shape index (κ1) is 22.0. The molecular weight excluding hydrogens is 380 g/mol. The summed E-state index contributed by atoms with van der Waals surface area (Å²) in [4.78, 5) is 11.5. The average Bonchev–Trinajstić information content (AvgIpc) is 2.71. The van der Waals surface area contributed by atoms with Gasteiger partial charge in [-0.2, -0.15) is 0 Å². The molecule has 0 spiro atoms. The van der Waals surface area contributed by atoms with Gasteiger partial charge < -0.3 is 25.2 Å². The summed E-state index contributed by atoms with van der Waals surface area (Å²) in [6.45, 7) is 8.97. The van der Waals surface area contributed by atoms with E-state index in [0.717, 1.165) is 37.2 Å². The van der Waals surface area contributed by atoms with Gasteiger partial charge in [-0.15, -0.1) is 0 Å². The molecule has 3 rings (SSSR count). The lowest BCUT2D eigenvalue weighted by Gasteiger charge is -2.27. The van der Waals surface area contributed by atoms with Gasteiger partial charge in [-0.05, 0) is 50.5 Å². The molecule has 1 aliphatic rings. The van der Waals surface area contributed by atoms with E-state index in [1.165, 1.54) is 5.56 Å². The zero-order valence-corrected chi connectivity index (χ0v) is 17.8. The van der Waals surface area contributed by atoms with E-state index in [1.54, 1.807) is 12.1 Å². The lowest BCUT2D eigenvalue weighted by Crippen LogP contribution is -2.39. The normalized spacial score (nSPS) is 13.4. The van der Waals surface area contributed by atoms with E-state index in [0.29, 0.717) is 11.4 Å². The first-order chi connectivity index (χ1) is 14.4. The molecule has 160 valence electrons. The zero-order valence-electron chi connectivity index (χ0n) is 17.8. The predicted molar refractivity (Wildman–Crippen MR) is 118 cm³/mol. The number of amides is 1. The number of rotatable bonds is 10. The molecule has 1 amide bonds. The molecule has 0 unspecified atom stereocenters. The Morgan fingerprint density at radius 3 is 2.73 bits per heavy atom. The van der Waals surface area contributed by atoms with E-state index in [4.69, 9.17) is 9.47 Å². The summed E-state index contributed by atoms with van der Waals surface area (Å²) in [5.74, 6) is 1.09. The van der Waals surface area contributed by atoms with Crippen molar-refractivity contribution < 1.29 is 19.4 Å². The van der Waals surface area contributed by atoms with Gasteiger partial charge in [-0.1, -0.05) is 31.5 Å². The number of aromatic hydroxyl groups is 1. The minimum atomic E-state index is -0.278. The largest absolute Gasteiger partial charge is 0.506 e. The van der Waals surface area contributed by atoms with Crippen molar-refractivity contribution in [1.82, 2.24) is 5.32 Å². The van der Waals surface area contributed by atoms with Crippen molar-refractivity contribution in [2.75, 3.05) is 18.5 Å². The number of carbonyl (C=O) groups excluding carboxylic acids is 1. The Hall–Kier alpha value is -2.73. The number of ether oxygens (including phenoxy) is 2. The Morgan fingerprint density at radius 1 is 1.23 bits per heavy atom. The van der Waals surface area contributed by atoms with Gasteiger partial charge in [0.1, 0.15) is 17.2 Å². The van der Waals surface area contributed by atoms with E-state index in [-0.39, 0.29) is 23.8 Å². The molecule has 30 heavy (non-hydrogen) atoms. The molecule has 0 bridgehead atoms. The summed E-state index contributed by atoms with van der Waals surface area (Å²) in [7, 11) is 0. The molecule has 2 aromatic rings. The number of unbranched alkanes of at least 4 members (excludes halogenated alkanes) is 1. The molecule has 6 nitrogen and oxygen atoms in total. The molecule has 0 aromatic heterocycles. The smallest absolute Gasteiger partial charge is 0.262 e. The van der Waals surface area contributed by atoms with Crippen LogP contribution >= 0.6 is 0 Å². The summed E-state index contributed by atoms with van der Waals surface area (Å²) >= 11 is 0. The highest BCUT2D eigenvalue weighted by atomic mass is 16.5. The Morgan fingerprint density at radius 2 is 2.00 bits per heavy atom. The fourth-order valence-electron chi connectivity index (χ4n) is 3.27. The highest BCUT2D eigenvalue weighted by molar-refractivity contribution is 5.97. The molecule has 0 aliphatic carbocycles. The quantitative estimate of drug-likeness (QED) is 0.404. The fraction of sp³-hybridized carbons (Fsp3) is 0.375. The topological polar surface area (TPSA) is 79.8 Å². The van der Waals surface area contributed by atoms with Gasteiger partial charge in [0.2, 0.25) is 0 Å². The number of phenols is 1. The first-order valence-corrected chi connectivity index (χ1v) is 10.3. The van der Waals surface area contributed by atoms with Crippen molar-refractivity contribution in [2.45, 2.75) is 45.6 Å². The van der Waals surface area contributed by atoms with Crippen molar-refractivity contribution in [3.63, 3.8) is 0 Å². The van der Waals surface area contributed by atoms with Crippen LogP contribution < -0.4 is 20.1 Å². The molecule has 0 saturated carbocycles. The second kappa shape index (κ2) is 9.85. The Kier molecular flexibility index (Phi) is 7.21. The molecule has 0 atom stereocenters. The van der Waals surface area contributed by atoms with Crippen LogP contribution in [-0.2, 0) is 11.2 Å². The van der Waals surface area contributed by atoms with Gasteiger partial charge in [0, 0.05) is 24.1 Å². The molecular formula is C24H30N2O4. The Labute approximate surface area is 178 Å². The van der Waals surface area contributed by atoms with Crippen molar-refractivity contribution >= 4 is 11.6 Å². The minimum Gasteiger partial charge on any atom is -0.506 e. The number of hydrogen-bond acceptors (Lipinski definition) is 5. The molecule has 2 aromatic carbocycles. The van der Waals surface area contributed by atoms with Crippen LogP contribution in [-0.4, -0.2) is 29.8 Å². The van der Waals surface area contributed by atoms with Gasteiger partial charge in [0.25, 0.3) is 5.91 Å². The second-order valence-corrected chi connectivity index (χ2v) is 8.10. The van der Waals surface area contributed by atoms with E-state index in [2.05, 4.69) is 43.5 Å². The molecule has 0 saturated heterocycles. The Balaban J connectivity index is 1.53. The van der Waals surface area contributed by atoms with Crippen LogP contribution in [0.15, 0.2) is 36.4 Å². The van der Waals surface area contributed by atoms with E-state index < -0.39 is 0 Å². The third-order valence-corrected chi connectivity index (χ3v) is 4.85. The van der Waals surface area contributed by atoms with Crippen LogP contribution in [0.3, 0.4) is 0 Å². The number of nitrogens with one attached hydrogen (secondary N) is 2. The van der Waals surface area contributed by atoms with Crippen molar-refractivity contribution in [3.05, 3.63) is 60.5 Å². The monoisotopic (exact) mass is 410 g/mol. The maximum Gasteiger partial charge on any atom is 0.262 e. The lowest BCUT2D eigenvalue weighted by molar-refractivity contribution is -0.118. The highest BCUT2D eigenvalue weighted by Crippen LogP contribution is 2.39. The van der Waals surface area contributed by atoms with Crippen molar-refractivity contribution in [2.24, 2.45) is 0 Å². The van der Waals surface area contributed by atoms with E-state index in [1.807, 2.05) is 25.1 Å². The van der Waals surface area contributed by atoms with Gasteiger partial charge in [-0.25, -0.2) is 0 Å². The zero-order chi connectivity index (χ0) is 21.6. The Bertz CT molecular complexity index is 862. The third-order valence-electron chi connectivity index (χ3n) is 4.85.